The molecule has 0 aromatic heterocycles. The fourth-order valence-corrected chi connectivity index (χ4v) is 1.56. The Bertz CT molecular complexity index is 495. The van der Waals surface area contributed by atoms with Crippen LogP contribution in [-0.4, -0.2) is 29.6 Å². The molecule has 1 atom stereocenters. The van der Waals surface area contributed by atoms with Crippen LogP contribution in [0.2, 0.25) is 0 Å². The maximum Gasteiger partial charge on any atom is 0.313 e. The summed E-state index contributed by atoms with van der Waals surface area (Å²) >= 11 is 0. The fourth-order valence-electron chi connectivity index (χ4n) is 1.56. The van der Waals surface area contributed by atoms with Crippen molar-refractivity contribution < 1.29 is 23.5 Å². The first kappa shape index (κ1) is 16.0. The van der Waals surface area contributed by atoms with E-state index in [0.717, 1.165) is 12.1 Å². The van der Waals surface area contributed by atoms with Gasteiger partial charge in [0.1, 0.15) is 11.6 Å². The summed E-state index contributed by atoms with van der Waals surface area (Å²) in [6, 6.07) is 2.27. The van der Waals surface area contributed by atoms with Crippen molar-refractivity contribution in [1.82, 2.24) is 5.32 Å². The van der Waals surface area contributed by atoms with Gasteiger partial charge in [0.2, 0.25) is 0 Å². The molecule has 1 unspecified atom stereocenters. The molecule has 1 rings (SSSR count). The molecule has 1 aromatic carbocycles. The first-order valence-electron chi connectivity index (χ1n) is 6.15. The minimum Gasteiger partial charge on any atom is -0.396 e. The largest absolute Gasteiger partial charge is 0.396 e. The number of anilines is 1. The predicted molar refractivity (Wildman–Crippen MR) is 68.9 cm³/mol. The lowest BCUT2D eigenvalue weighted by atomic mass is 10.1. The molecule has 5 nitrogen and oxygen atoms in total. The summed E-state index contributed by atoms with van der Waals surface area (Å²) in [6.45, 7) is 1.67. The Morgan fingerprint density at radius 3 is 2.55 bits per heavy atom. The molecule has 0 fully saturated rings. The summed E-state index contributed by atoms with van der Waals surface area (Å²) in [6.07, 6.45) is 0.866. The van der Waals surface area contributed by atoms with Crippen LogP contribution in [0, 0.1) is 11.6 Å². The molecule has 0 aliphatic heterocycles. The Kier molecular flexibility index (Phi) is 6.05. The maximum atomic E-state index is 13.3. The highest BCUT2D eigenvalue weighted by molar-refractivity contribution is 6.39. The summed E-state index contributed by atoms with van der Waals surface area (Å²) in [7, 11) is 0. The summed E-state index contributed by atoms with van der Waals surface area (Å²) in [5.74, 6) is -3.73. The Hall–Kier alpha value is -2.02. The number of hydrogen-bond acceptors (Lipinski definition) is 3. The monoisotopic (exact) mass is 286 g/mol. The zero-order chi connectivity index (χ0) is 15.1. The van der Waals surface area contributed by atoms with Gasteiger partial charge >= 0.3 is 11.8 Å². The first-order chi connectivity index (χ1) is 9.47. The van der Waals surface area contributed by atoms with E-state index in [9.17, 15) is 18.4 Å². The Morgan fingerprint density at radius 2 is 2.00 bits per heavy atom. The first-order valence-corrected chi connectivity index (χ1v) is 6.15. The van der Waals surface area contributed by atoms with Crippen LogP contribution in [0.5, 0.6) is 0 Å². The minimum absolute atomic E-state index is 0.118. The van der Waals surface area contributed by atoms with Gasteiger partial charge < -0.3 is 15.7 Å². The molecular weight excluding hydrogens is 270 g/mol. The van der Waals surface area contributed by atoms with Crippen molar-refractivity contribution in [3.8, 4) is 0 Å². The van der Waals surface area contributed by atoms with Crippen LogP contribution in [-0.2, 0) is 9.59 Å². The van der Waals surface area contributed by atoms with Crippen LogP contribution >= 0.6 is 0 Å². The van der Waals surface area contributed by atoms with Crippen molar-refractivity contribution in [2.75, 3.05) is 11.9 Å². The van der Waals surface area contributed by atoms with Gasteiger partial charge in [-0.3, -0.25) is 9.59 Å². The predicted octanol–water partition coefficient (Wildman–Crippen LogP) is 1.18. The van der Waals surface area contributed by atoms with Crippen LogP contribution < -0.4 is 10.6 Å². The minimum atomic E-state index is -1.05. The van der Waals surface area contributed by atoms with Crippen LogP contribution in [0.3, 0.4) is 0 Å². The molecular formula is C13H16F2N2O3. The number of carbonyl (C=O) groups is 2. The summed E-state index contributed by atoms with van der Waals surface area (Å²) < 4.78 is 26.0. The summed E-state index contributed by atoms with van der Waals surface area (Å²) in [5.41, 5.74) is -0.276. The third-order valence-electron chi connectivity index (χ3n) is 2.69. The Labute approximate surface area is 115 Å². The molecule has 0 radical (unpaired) electrons. The van der Waals surface area contributed by atoms with E-state index in [4.69, 9.17) is 5.11 Å². The smallest absolute Gasteiger partial charge is 0.313 e. The number of halogens is 2. The van der Waals surface area contributed by atoms with Crippen molar-refractivity contribution >= 4 is 17.5 Å². The van der Waals surface area contributed by atoms with E-state index in [1.165, 1.54) is 0 Å². The van der Waals surface area contributed by atoms with E-state index in [2.05, 4.69) is 10.6 Å². The molecule has 0 aliphatic carbocycles. The molecule has 110 valence electrons. The highest BCUT2D eigenvalue weighted by atomic mass is 19.1. The molecule has 0 aliphatic rings. The van der Waals surface area contributed by atoms with Crippen molar-refractivity contribution in [2.45, 2.75) is 25.8 Å². The highest BCUT2D eigenvalue weighted by Crippen LogP contribution is 2.14. The molecule has 0 heterocycles. The van der Waals surface area contributed by atoms with Crippen LogP contribution in [0.15, 0.2) is 18.2 Å². The lowest BCUT2D eigenvalue weighted by Crippen LogP contribution is -2.42. The van der Waals surface area contributed by atoms with Gasteiger partial charge in [-0.1, -0.05) is 6.92 Å². The standard InChI is InChI=1S/C13H16F2N2O3/c1-2-9(5-6-18)16-12(19)13(20)17-11-4-3-8(14)7-10(11)15/h3-4,7,9,18H,2,5-6H2,1H3,(H,16,19)(H,17,20). The summed E-state index contributed by atoms with van der Waals surface area (Å²) in [5, 5.41) is 13.2. The van der Waals surface area contributed by atoms with Crippen LogP contribution in [0.1, 0.15) is 19.8 Å². The summed E-state index contributed by atoms with van der Waals surface area (Å²) in [4.78, 5) is 23.1. The van der Waals surface area contributed by atoms with Gasteiger partial charge in [-0.15, -0.1) is 0 Å². The van der Waals surface area contributed by atoms with Crippen molar-refractivity contribution in [2.24, 2.45) is 0 Å². The second-order valence-corrected chi connectivity index (χ2v) is 4.17. The zero-order valence-electron chi connectivity index (χ0n) is 11.0. The third-order valence-corrected chi connectivity index (χ3v) is 2.69. The number of aliphatic hydroxyl groups is 1. The lowest BCUT2D eigenvalue weighted by Gasteiger charge is -2.15. The van der Waals surface area contributed by atoms with E-state index in [1.54, 1.807) is 6.92 Å². The highest BCUT2D eigenvalue weighted by Gasteiger charge is 2.18. The SMILES string of the molecule is CCC(CCO)NC(=O)C(=O)Nc1ccc(F)cc1F. The molecule has 7 heteroatoms. The molecule has 2 amide bonds. The Balaban J connectivity index is 2.63. The molecule has 1 aromatic rings. The second-order valence-electron chi connectivity index (χ2n) is 4.17. The number of rotatable bonds is 5. The van der Waals surface area contributed by atoms with Gasteiger partial charge in [0.15, 0.2) is 0 Å². The van der Waals surface area contributed by atoms with Gasteiger partial charge in [0, 0.05) is 18.7 Å². The van der Waals surface area contributed by atoms with E-state index in [1.807, 2.05) is 0 Å². The van der Waals surface area contributed by atoms with Crippen molar-refractivity contribution in [3.05, 3.63) is 29.8 Å². The van der Waals surface area contributed by atoms with Crippen molar-refractivity contribution in [3.63, 3.8) is 0 Å². The van der Waals surface area contributed by atoms with E-state index in [-0.39, 0.29) is 18.3 Å². The van der Waals surface area contributed by atoms with Gasteiger partial charge in [0.05, 0.1) is 5.69 Å². The van der Waals surface area contributed by atoms with E-state index in [0.29, 0.717) is 18.9 Å². The number of nitrogens with one attached hydrogen (secondary N) is 2. The molecule has 0 saturated carbocycles. The molecule has 3 N–H and O–H groups in total. The number of amides is 2. The molecule has 0 spiro atoms. The average Bonchev–Trinajstić information content (AvgIpc) is 2.41. The quantitative estimate of drug-likeness (QED) is 0.711. The van der Waals surface area contributed by atoms with Crippen molar-refractivity contribution in [1.29, 1.82) is 0 Å². The lowest BCUT2D eigenvalue weighted by molar-refractivity contribution is -0.136. The van der Waals surface area contributed by atoms with Crippen LogP contribution in [0.4, 0.5) is 14.5 Å². The number of benzene rings is 1. The molecule has 20 heavy (non-hydrogen) atoms. The van der Waals surface area contributed by atoms with Gasteiger partial charge in [-0.25, -0.2) is 8.78 Å². The molecule has 0 saturated heterocycles. The number of hydrogen-bond donors (Lipinski definition) is 3. The van der Waals surface area contributed by atoms with E-state index < -0.39 is 23.4 Å². The third kappa shape index (κ3) is 4.58. The van der Waals surface area contributed by atoms with Gasteiger partial charge in [-0.2, -0.15) is 0 Å². The zero-order valence-corrected chi connectivity index (χ0v) is 11.0. The van der Waals surface area contributed by atoms with Gasteiger partial charge in [0.25, 0.3) is 0 Å². The van der Waals surface area contributed by atoms with E-state index >= 15 is 0 Å². The number of carbonyl (C=O) groups excluding carboxylic acids is 2. The maximum absolute atomic E-state index is 13.3. The topological polar surface area (TPSA) is 78.4 Å². The number of aliphatic hydroxyl groups excluding tert-OH is 1. The normalized spacial score (nSPS) is 11.8. The molecule has 0 bridgehead atoms. The second kappa shape index (κ2) is 7.54. The van der Waals surface area contributed by atoms with Gasteiger partial charge in [-0.05, 0) is 25.0 Å². The Morgan fingerprint density at radius 1 is 1.30 bits per heavy atom. The fraction of sp³-hybridized carbons (Fsp3) is 0.385. The van der Waals surface area contributed by atoms with Crippen LogP contribution in [0.25, 0.3) is 0 Å². The average molecular weight is 286 g/mol.